The number of halogens is 1. The molecule has 2 rings (SSSR count). The highest BCUT2D eigenvalue weighted by atomic mass is 79.9. The van der Waals surface area contributed by atoms with Crippen molar-refractivity contribution < 1.29 is 0 Å². The number of rotatable bonds is 2. The van der Waals surface area contributed by atoms with E-state index in [0.29, 0.717) is 0 Å². The van der Waals surface area contributed by atoms with E-state index in [9.17, 15) is 0 Å². The fourth-order valence-corrected chi connectivity index (χ4v) is 1.83. The summed E-state index contributed by atoms with van der Waals surface area (Å²) in [5, 5.41) is 3.26. The third-order valence-electron chi connectivity index (χ3n) is 2.08. The summed E-state index contributed by atoms with van der Waals surface area (Å²) in [6.45, 7) is 1.98. The lowest BCUT2D eigenvalue weighted by Gasteiger charge is -2.05. The van der Waals surface area contributed by atoms with E-state index in [1.54, 1.807) is 0 Å². The van der Waals surface area contributed by atoms with E-state index in [4.69, 9.17) is 0 Å². The Morgan fingerprint density at radius 2 is 2.20 bits per heavy atom. The monoisotopic (exact) mass is 265 g/mol. The summed E-state index contributed by atoms with van der Waals surface area (Å²) in [6.07, 6.45) is 1.99. The smallest absolute Gasteiger partial charge is 0.207 e. The predicted octanol–water partition coefficient (Wildman–Crippen LogP) is 3.23. The molecule has 3 nitrogen and oxygen atoms in total. The lowest BCUT2D eigenvalue weighted by atomic mass is 10.3. The largest absolute Gasteiger partial charge is 0.326 e. The summed E-state index contributed by atoms with van der Waals surface area (Å²) < 4.78 is 3.02. The average Bonchev–Trinajstić information content (AvgIpc) is 2.45. The van der Waals surface area contributed by atoms with Crippen molar-refractivity contribution in [3.05, 3.63) is 40.6 Å². The van der Waals surface area contributed by atoms with Crippen molar-refractivity contribution in [3.63, 3.8) is 0 Å². The molecule has 15 heavy (non-hydrogen) atoms. The van der Waals surface area contributed by atoms with Crippen LogP contribution >= 0.6 is 15.9 Å². The molecule has 0 saturated carbocycles. The Labute approximate surface area is 97.3 Å². The van der Waals surface area contributed by atoms with Crippen molar-refractivity contribution in [2.45, 2.75) is 6.92 Å². The number of aryl methyl sites for hydroxylation is 2. The molecular formula is C11H12BrN3. The molecule has 0 spiro atoms. The number of hydrogen-bond donors (Lipinski definition) is 1. The van der Waals surface area contributed by atoms with Gasteiger partial charge in [-0.25, -0.2) is 4.98 Å². The molecule has 1 heterocycles. The molecule has 0 unspecified atom stereocenters. The molecule has 0 aliphatic heterocycles. The van der Waals surface area contributed by atoms with Crippen LogP contribution < -0.4 is 5.32 Å². The van der Waals surface area contributed by atoms with Gasteiger partial charge in [-0.2, -0.15) is 0 Å². The number of aromatic nitrogens is 2. The molecule has 2 aromatic rings. The van der Waals surface area contributed by atoms with Gasteiger partial charge in [0.05, 0.1) is 5.69 Å². The van der Waals surface area contributed by atoms with Crippen LogP contribution in [0.25, 0.3) is 0 Å². The Bertz CT molecular complexity index is 476. The van der Waals surface area contributed by atoms with E-state index in [-0.39, 0.29) is 0 Å². The van der Waals surface area contributed by atoms with E-state index >= 15 is 0 Å². The summed E-state index contributed by atoms with van der Waals surface area (Å²) >= 11 is 3.43. The van der Waals surface area contributed by atoms with Crippen molar-refractivity contribution in [1.29, 1.82) is 0 Å². The SMILES string of the molecule is Cc1cn(C)c(Nc2cccc(Br)c2)n1. The first-order valence-electron chi connectivity index (χ1n) is 4.68. The van der Waals surface area contributed by atoms with Gasteiger partial charge in [0.25, 0.3) is 0 Å². The molecule has 0 saturated heterocycles. The number of nitrogens with zero attached hydrogens (tertiary/aromatic N) is 2. The summed E-state index contributed by atoms with van der Waals surface area (Å²) in [6, 6.07) is 8.01. The van der Waals surface area contributed by atoms with E-state index < -0.39 is 0 Å². The van der Waals surface area contributed by atoms with Crippen LogP contribution in [0.3, 0.4) is 0 Å². The molecule has 0 aliphatic rings. The van der Waals surface area contributed by atoms with Gasteiger partial charge < -0.3 is 9.88 Å². The van der Waals surface area contributed by atoms with E-state index in [2.05, 4.69) is 26.2 Å². The molecule has 0 bridgehead atoms. The van der Waals surface area contributed by atoms with Crippen molar-refractivity contribution >= 4 is 27.6 Å². The highest BCUT2D eigenvalue weighted by molar-refractivity contribution is 9.10. The van der Waals surface area contributed by atoms with Crippen LogP contribution in [0, 0.1) is 6.92 Å². The predicted molar refractivity (Wildman–Crippen MR) is 65.4 cm³/mol. The fraction of sp³-hybridized carbons (Fsp3) is 0.182. The summed E-state index contributed by atoms with van der Waals surface area (Å²) in [7, 11) is 1.97. The first kappa shape index (κ1) is 10.2. The minimum Gasteiger partial charge on any atom is -0.326 e. The van der Waals surface area contributed by atoms with Crippen LogP contribution in [0.4, 0.5) is 11.6 Å². The van der Waals surface area contributed by atoms with E-state index in [0.717, 1.165) is 21.8 Å². The Morgan fingerprint density at radius 1 is 1.40 bits per heavy atom. The third kappa shape index (κ3) is 2.39. The first-order valence-corrected chi connectivity index (χ1v) is 5.47. The highest BCUT2D eigenvalue weighted by Gasteiger charge is 2.02. The maximum atomic E-state index is 4.37. The van der Waals surface area contributed by atoms with Gasteiger partial charge in [0.15, 0.2) is 0 Å². The van der Waals surface area contributed by atoms with E-state index in [1.165, 1.54) is 0 Å². The molecule has 0 fully saturated rings. The second kappa shape index (κ2) is 4.06. The van der Waals surface area contributed by atoms with Crippen molar-refractivity contribution in [2.24, 2.45) is 7.05 Å². The molecule has 0 radical (unpaired) electrons. The van der Waals surface area contributed by atoms with Crippen molar-refractivity contribution in [2.75, 3.05) is 5.32 Å². The van der Waals surface area contributed by atoms with Crippen molar-refractivity contribution in [3.8, 4) is 0 Å². The summed E-state index contributed by atoms with van der Waals surface area (Å²) in [5.41, 5.74) is 2.04. The van der Waals surface area contributed by atoms with Crippen molar-refractivity contribution in [1.82, 2.24) is 9.55 Å². The number of hydrogen-bond acceptors (Lipinski definition) is 2. The van der Waals surface area contributed by atoms with Gasteiger partial charge in [-0.15, -0.1) is 0 Å². The Morgan fingerprint density at radius 3 is 2.80 bits per heavy atom. The number of imidazole rings is 1. The topological polar surface area (TPSA) is 29.9 Å². The van der Waals surface area contributed by atoms with Gasteiger partial charge in [-0.1, -0.05) is 22.0 Å². The zero-order valence-corrected chi connectivity index (χ0v) is 10.2. The Kier molecular flexibility index (Phi) is 2.77. The van der Waals surface area contributed by atoms with Gasteiger partial charge in [-0.3, -0.25) is 0 Å². The highest BCUT2D eigenvalue weighted by Crippen LogP contribution is 2.19. The van der Waals surface area contributed by atoms with Crippen LogP contribution in [0.1, 0.15) is 5.69 Å². The molecule has 0 aliphatic carbocycles. The van der Waals surface area contributed by atoms with Gasteiger partial charge in [0, 0.05) is 23.4 Å². The van der Waals surface area contributed by atoms with E-state index in [1.807, 2.05) is 49.0 Å². The molecule has 1 aromatic carbocycles. The van der Waals surface area contributed by atoms with Crippen LogP contribution in [-0.4, -0.2) is 9.55 Å². The molecule has 4 heteroatoms. The van der Waals surface area contributed by atoms with Crippen LogP contribution in [0.2, 0.25) is 0 Å². The summed E-state index contributed by atoms with van der Waals surface area (Å²) in [5.74, 6) is 0.852. The normalized spacial score (nSPS) is 10.3. The molecule has 1 N–H and O–H groups in total. The molecule has 78 valence electrons. The Balaban J connectivity index is 2.25. The summed E-state index contributed by atoms with van der Waals surface area (Å²) in [4.78, 5) is 4.37. The third-order valence-corrected chi connectivity index (χ3v) is 2.57. The lowest BCUT2D eigenvalue weighted by Crippen LogP contribution is -1.98. The maximum absolute atomic E-state index is 4.37. The number of nitrogens with one attached hydrogen (secondary N) is 1. The molecular weight excluding hydrogens is 254 g/mol. The molecule has 0 atom stereocenters. The first-order chi connectivity index (χ1) is 7.15. The lowest BCUT2D eigenvalue weighted by molar-refractivity contribution is 0.923. The van der Waals surface area contributed by atoms with Gasteiger partial charge >= 0.3 is 0 Å². The van der Waals surface area contributed by atoms with Gasteiger partial charge in [0.1, 0.15) is 0 Å². The van der Waals surface area contributed by atoms with Crippen LogP contribution in [0.15, 0.2) is 34.9 Å². The van der Waals surface area contributed by atoms with Gasteiger partial charge in [-0.05, 0) is 25.1 Å². The van der Waals surface area contributed by atoms with Gasteiger partial charge in [0.2, 0.25) is 5.95 Å². The quantitative estimate of drug-likeness (QED) is 0.904. The number of benzene rings is 1. The molecule has 1 aromatic heterocycles. The second-order valence-electron chi connectivity index (χ2n) is 3.45. The second-order valence-corrected chi connectivity index (χ2v) is 4.37. The minimum atomic E-state index is 0.852. The minimum absolute atomic E-state index is 0.852. The number of anilines is 2. The maximum Gasteiger partial charge on any atom is 0.207 e. The molecule has 0 amide bonds. The van der Waals surface area contributed by atoms with Crippen LogP contribution in [-0.2, 0) is 7.05 Å². The fourth-order valence-electron chi connectivity index (χ4n) is 1.43. The standard InChI is InChI=1S/C11H12BrN3/c1-8-7-15(2)11(13-8)14-10-5-3-4-9(12)6-10/h3-7H,1-2H3,(H,13,14). The Hall–Kier alpha value is -1.29. The average molecular weight is 266 g/mol. The zero-order chi connectivity index (χ0) is 10.8. The zero-order valence-electron chi connectivity index (χ0n) is 8.66. The van der Waals surface area contributed by atoms with Crippen LogP contribution in [0.5, 0.6) is 0 Å².